The Bertz CT molecular complexity index is 1230. The number of aliphatic hydroxyl groups is 1. The summed E-state index contributed by atoms with van der Waals surface area (Å²) in [7, 11) is 0. The van der Waals surface area contributed by atoms with Gasteiger partial charge in [-0.15, -0.1) is 0 Å². The molecular weight excluding hydrogens is 527 g/mol. The first kappa shape index (κ1) is 28.0. The van der Waals surface area contributed by atoms with Gasteiger partial charge < -0.3 is 24.8 Å². The number of carbonyl (C=O) groups excluding carboxylic acids is 1. The quantitative estimate of drug-likeness (QED) is 0.366. The van der Waals surface area contributed by atoms with Crippen molar-refractivity contribution < 1.29 is 19.4 Å². The van der Waals surface area contributed by atoms with Gasteiger partial charge in [-0.1, -0.05) is 35.3 Å². The molecule has 0 aliphatic carbocycles. The maximum atomic E-state index is 12.9. The second kappa shape index (κ2) is 13.2. The zero-order valence-electron chi connectivity index (χ0n) is 21.4. The van der Waals surface area contributed by atoms with Gasteiger partial charge in [-0.3, -0.25) is 9.69 Å². The lowest BCUT2D eigenvalue weighted by Gasteiger charge is -2.37. The lowest BCUT2D eigenvalue weighted by molar-refractivity contribution is 0.0849. The van der Waals surface area contributed by atoms with Gasteiger partial charge in [0.25, 0.3) is 5.91 Å². The Kier molecular flexibility index (Phi) is 9.69. The predicted octanol–water partition coefficient (Wildman–Crippen LogP) is 4.88. The van der Waals surface area contributed by atoms with Crippen molar-refractivity contribution in [3.05, 3.63) is 76.4 Å². The Morgan fingerprint density at radius 1 is 1.05 bits per heavy atom. The van der Waals surface area contributed by atoms with Crippen molar-refractivity contribution in [3.8, 4) is 17.4 Å². The molecule has 1 aliphatic rings. The molecule has 2 heterocycles. The van der Waals surface area contributed by atoms with Crippen LogP contribution in [0.3, 0.4) is 0 Å². The molecule has 0 radical (unpaired) electrons. The molecule has 1 fully saturated rings. The molecule has 0 spiro atoms. The van der Waals surface area contributed by atoms with Gasteiger partial charge in [0, 0.05) is 51.5 Å². The molecule has 1 atom stereocenters. The molecule has 2 aromatic carbocycles. The van der Waals surface area contributed by atoms with Crippen molar-refractivity contribution in [2.24, 2.45) is 0 Å². The zero-order chi connectivity index (χ0) is 27.1. The maximum Gasteiger partial charge on any atom is 0.256 e. The first-order valence-electron chi connectivity index (χ1n) is 12.6. The van der Waals surface area contributed by atoms with Crippen molar-refractivity contribution in [1.29, 1.82) is 0 Å². The summed E-state index contributed by atoms with van der Waals surface area (Å²) in [6.45, 7) is 7.84. The van der Waals surface area contributed by atoms with Crippen LogP contribution in [0.15, 0.2) is 60.8 Å². The number of hydrogen-bond acceptors (Lipinski definition) is 7. The number of benzene rings is 2. The zero-order valence-corrected chi connectivity index (χ0v) is 23.0. The first-order chi connectivity index (χ1) is 18.3. The van der Waals surface area contributed by atoms with Crippen LogP contribution in [-0.4, -0.2) is 72.4 Å². The molecule has 1 saturated heterocycles. The number of para-hydroxylation sites is 2. The number of amides is 1. The number of pyridine rings is 1. The average Bonchev–Trinajstić information content (AvgIpc) is 2.90. The summed E-state index contributed by atoms with van der Waals surface area (Å²) in [6, 6.07) is 16.1. The van der Waals surface area contributed by atoms with Gasteiger partial charge in [-0.2, -0.15) is 0 Å². The summed E-state index contributed by atoms with van der Waals surface area (Å²) in [5.74, 6) is 1.04. The molecular formula is C28H32Cl2N4O4. The standard InChI is InChI=1S/C28H32Cl2N4O4/c1-19(2)37-26-8-4-3-7-25(26)34-14-12-33(13-15-34)18-20(35)17-32-27(36)22-6-5-11-31-28(22)38-21-9-10-23(29)24(30)16-21/h3-11,16,19-20,35H,12-15,17-18H2,1-2H3,(H,32,36). The van der Waals surface area contributed by atoms with E-state index in [1.165, 1.54) is 6.20 Å². The van der Waals surface area contributed by atoms with Crippen LogP contribution in [0.4, 0.5) is 5.69 Å². The van der Waals surface area contributed by atoms with Crippen LogP contribution in [0.25, 0.3) is 0 Å². The highest BCUT2D eigenvalue weighted by molar-refractivity contribution is 6.42. The van der Waals surface area contributed by atoms with E-state index in [-0.39, 0.29) is 24.1 Å². The van der Waals surface area contributed by atoms with E-state index in [1.54, 1.807) is 30.3 Å². The lowest BCUT2D eigenvalue weighted by Crippen LogP contribution is -2.50. The van der Waals surface area contributed by atoms with Crippen molar-refractivity contribution >= 4 is 34.8 Å². The van der Waals surface area contributed by atoms with E-state index < -0.39 is 12.0 Å². The van der Waals surface area contributed by atoms with Gasteiger partial charge in [0.2, 0.25) is 5.88 Å². The SMILES string of the molecule is CC(C)Oc1ccccc1N1CCN(CC(O)CNC(=O)c2cccnc2Oc2ccc(Cl)c(Cl)c2)CC1. The van der Waals surface area contributed by atoms with E-state index >= 15 is 0 Å². The minimum atomic E-state index is -0.724. The van der Waals surface area contributed by atoms with Crippen LogP contribution in [-0.2, 0) is 0 Å². The maximum absolute atomic E-state index is 12.9. The van der Waals surface area contributed by atoms with Crippen molar-refractivity contribution in [2.75, 3.05) is 44.2 Å². The van der Waals surface area contributed by atoms with E-state index in [1.807, 2.05) is 32.0 Å². The number of nitrogens with zero attached hydrogens (tertiary/aromatic N) is 3. The largest absolute Gasteiger partial charge is 0.489 e. The first-order valence-corrected chi connectivity index (χ1v) is 13.3. The third-order valence-corrected chi connectivity index (χ3v) is 6.77. The summed E-state index contributed by atoms with van der Waals surface area (Å²) in [5.41, 5.74) is 1.34. The third kappa shape index (κ3) is 7.51. The second-order valence-corrected chi connectivity index (χ2v) is 10.1. The minimum Gasteiger partial charge on any atom is -0.489 e. The highest BCUT2D eigenvalue weighted by atomic mass is 35.5. The molecule has 0 bridgehead atoms. The summed E-state index contributed by atoms with van der Waals surface area (Å²) in [5, 5.41) is 14.1. The van der Waals surface area contributed by atoms with E-state index in [2.05, 4.69) is 26.2 Å². The fourth-order valence-corrected chi connectivity index (χ4v) is 4.50. The molecule has 1 aromatic heterocycles. The number of nitrogens with one attached hydrogen (secondary N) is 1. The fraction of sp³-hybridized carbons (Fsp3) is 0.357. The van der Waals surface area contributed by atoms with E-state index in [0.717, 1.165) is 37.6 Å². The van der Waals surface area contributed by atoms with Crippen LogP contribution < -0.4 is 19.7 Å². The number of piperazine rings is 1. The number of halogens is 2. The second-order valence-electron chi connectivity index (χ2n) is 9.32. The van der Waals surface area contributed by atoms with Gasteiger partial charge >= 0.3 is 0 Å². The van der Waals surface area contributed by atoms with Crippen LogP contribution in [0, 0.1) is 0 Å². The van der Waals surface area contributed by atoms with Crippen LogP contribution >= 0.6 is 23.2 Å². The molecule has 1 amide bonds. The van der Waals surface area contributed by atoms with Gasteiger partial charge in [0.1, 0.15) is 17.1 Å². The molecule has 0 saturated carbocycles. The number of ether oxygens (including phenoxy) is 2. The Balaban J connectivity index is 1.27. The van der Waals surface area contributed by atoms with Crippen molar-refractivity contribution in [1.82, 2.24) is 15.2 Å². The number of aromatic nitrogens is 1. The molecule has 38 heavy (non-hydrogen) atoms. The summed E-state index contributed by atoms with van der Waals surface area (Å²) in [4.78, 5) is 21.5. The average molecular weight is 559 g/mol. The Morgan fingerprint density at radius 2 is 1.82 bits per heavy atom. The molecule has 1 unspecified atom stereocenters. The molecule has 3 aromatic rings. The Hall–Kier alpha value is -3.04. The number of aliphatic hydroxyl groups excluding tert-OH is 1. The van der Waals surface area contributed by atoms with Crippen LogP contribution in [0.1, 0.15) is 24.2 Å². The van der Waals surface area contributed by atoms with Gasteiger partial charge in [-0.05, 0) is 50.2 Å². The highest BCUT2D eigenvalue weighted by Crippen LogP contribution is 2.31. The molecule has 2 N–H and O–H groups in total. The molecule has 8 nitrogen and oxygen atoms in total. The third-order valence-electron chi connectivity index (χ3n) is 6.03. The molecule has 1 aliphatic heterocycles. The number of β-amino-alcohol motifs (C(OH)–C–C–N with tert-alkyl or cyclic N) is 1. The van der Waals surface area contributed by atoms with Gasteiger partial charge in [-0.25, -0.2) is 4.98 Å². The van der Waals surface area contributed by atoms with Crippen molar-refractivity contribution in [2.45, 2.75) is 26.1 Å². The number of hydrogen-bond donors (Lipinski definition) is 2. The van der Waals surface area contributed by atoms with E-state index in [4.69, 9.17) is 32.7 Å². The summed E-state index contributed by atoms with van der Waals surface area (Å²) in [6.07, 6.45) is 0.914. The molecule has 202 valence electrons. The van der Waals surface area contributed by atoms with E-state index in [0.29, 0.717) is 22.3 Å². The normalized spacial score (nSPS) is 14.8. The number of rotatable bonds is 10. The topological polar surface area (TPSA) is 87.2 Å². The van der Waals surface area contributed by atoms with Gasteiger partial charge in [0.05, 0.1) is 27.9 Å². The van der Waals surface area contributed by atoms with Gasteiger partial charge in [0.15, 0.2) is 0 Å². The monoisotopic (exact) mass is 558 g/mol. The summed E-state index contributed by atoms with van der Waals surface area (Å²) < 4.78 is 11.7. The summed E-state index contributed by atoms with van der Waals surface area (Å²) >= 11 is 12.0. The Morgan fingerprint density at radius 3 is 2.55 bits per heavy atom. The minimum absolute atomic E-state index is 0.102. The van der Waals surface area contributed by atoms with Crippen LogP contribution in [0.2, 0.25) is 10.0 Å². The van der Waals surface area contributed by atoms with Crippen LogP contribution in [0.5, 0.6) is 17.4 Å². The smallest absolute Gasteiger partial charge is 0.256 e. The van der Waals surface area contributed by atoms with E-state index in [9.17, 15) is 9.90 Å². The number of carbonyl (C=O) groups is 1. The highest BCUT2D eigenvalue weighted by Gasteiger charge is 2.22. The predicted molar refractivity (Wildman–Crippen MR) is 150 cm³/mol. The molecule has 4 rings (SSSR count). The number of anilines is 1. The lowest BCUT2D eigenvalue weighted by atomic mass is 10.2. The fourth-order valence-electron chi connectivity index (χ4n) is 4.21. The molecule has 10 heteroatoms. The Labute approximate surface area is 233 Å². The van der Waals surface area contributed by atoms with Crippen molar-refractivity contribution in [3.63, 3.8) is 0 Å².